The van der Waals surface area contributed by atoms with Gasteiger partial charge in [0, 0.05) is 43.8 Å². The van der Waals surface area contributed by atoms with Gasteiger partial charge >= 0.3 is 0 Å². The Balaban J connectivity index is 1.36. The van der Waals surface area contributed by atoms with Gasteiger partial charge in [0.15, 0.2) is 5.82 Å². The van der Waals surface area contributed by atoms with Crippen molar-refractivity contribution in [2.75, 3.05) is 46.8 Å². The molecule has 2 fully saturated rings. The fraction of sp³-hybridized carbons (Fsp3) is 0.550. The number of benzene rings is 1. The zero-order valence-electron chi connectivity index (χ0n) is 16.2. The lowest BCUT2D eigenvalue weighted by molar-refractivity contribution is -0.134. The molecule has 4 rings (SSSR count). The van der Waals surface area contributed by atoms with E-state index in [4.69, 9.17) is 0 Å². The van der Waals surface area contributed by atoms with Gasteiger partial charge in [-0.3, -0.25) is 14.8 Å². The maximum absolute atomic E-state index is 12.7. The number of piperidine rings is 1. The van der Waals surface area contributed by atoms with E-state index in [9.17, 15) is 4.79 Å². The summed E-state index contributed by atoms with van der Waals surface area (Å²) in [6.07, 6.45) is 2.35. The smallest absolute Gasteiger partial charge is 0.230 e. The molecule has 144 valence electrons. The lowest BCUT2D eigenvalue weighted by Crippen LogP contribution is -2.64. The van der Waals surface area contributed by atoms with Gasteiger partial charge in [-0.25, -0.2) is 4.98 Å². The van der Waals surface area contributed by atoms with E-state index in [0.29, 0.717) is 11.6 Å². The van der Waals surface area contributed by atoms with Crippen molar-refractivity contribution in [2.24, 2.45) is 0 Å². The Morgan fingerprint density at radius 2 is 1.85 bits per heavy atom. The van der Waals surface area contributed by atoms with Gasteiger partial charge in [-0.15, -0.1) is 0 Å². The average molecular weight is 368 g/mol. The molecule has 2 aliphatic rings. The molecule has 0 unspecified atom stereocenters. The minimum atomic E-state index is 0.132. The first-order valence-corrected chi connectivity index (χ1v) is 9.70. The summed E-state index contributed by atoms with van der Waals surface area (Å²) in [5, 5.41) is 7.17. The third-order valence-corrected chi connectivity index (χ3v) is 6.12. The number of piperazine rings is 1. The largest absolute Gasteiger partial charge is 0.342 e. The van der Waals surface area contributed by atoms with Crippen LogP contribution in [0.4, 0.5) is 0 Å². The number of amides is 1. The molecule has 1 aromatic heterocycles. The highest BCUT2D eigenvalue weighted by molar-refractivity contribution is 5.78. The Labute approximate surface area is 160 Å². The van der Waals surface area contributed by atoms with Crippen molar-refractivity contribution in [3.05, 3.63) is 36.2 Å². The number of likely N-dealkylation sites (N-methyl/N-ethyl adjacent to an activating group) is 2. The quantitative estimate of drug-likeness (QED) is 0.883. The summed E-state index contributed by atoms with van der Waals surface area (Å²) in [5.74, 6) is 1.41. The van der Waals surface area contributed by atoms with E-state index in [1.54, 1.807) is 0 Å². The van der Waals surface area contributed by atoms with Gasteiger partial charge in [-0.05, 0) is 26.9 Å². The summed E-state index contributed by atoms with van der Waals surface area (Å²) in [6, 6.07) is 9.82. The topological polar surface area (TPSA) is 68.4 Å². The molecule has 0 bridgehead atoms. The van der Waals surface area contributed by atoms with E-state index in [1.807, 2.05) is 35.2 Å². The first kappa shape index (κ1) is 18.1. The molecule has 3 heterocycles. The Morgan fingerprint density at radius 1 is 1.11 bits per heavy atom. The Morgan fingerprint density at radius 3 is 2.59 bits per heavy atom. The van der Waals surface area contributed by atoms with Crippen molar-refractivity contribution in [1.82, 2.24) is 29.9 Å². The highest BCUT2D eigenvalue weighted by Crippen LogP contribution is 2.31. The Kier molecular flexibility index (Phi) is 4.97. The molecule has 27 heavy (non-hydrogen) atoms. The molecule has 7 nitrogen and oxygen atoms in total. The predicted molar refractivity (Wildman–Crippen MR) is 104 cm³/mol. The van der Waals surface area contributed by atoms with Gasteiger partial charge in [0.05, 0.1) is 6.42 Å². The van der Waals surface area contributed by atoms with Crippen LogP contribution in [0.15, 0.2) is 30.3 Å². The van der Waals surface area contributed by atoms with E-state index < -0.39 is 0 Å². The monoisotopic (exact) mass is 368 g/mol. The van der Waals surface area contributed by atoms with Gasteiger partial charge in [0.25, 0.3) is 0 Å². The number of carbonyl (C=O) groups excluding carboxylic acids is 1. The number of nitrogens with zero attached hydrogens (tertiary/aromatic N) is 5. The second-order valence-corrected chi connectivity index (χ2v) is 7.91. The molecule has 1 amide bonds. The van der Waals surface area contributed by atoms with Crippen LogP contribution in [-0.2, 0) is 11.2 Å². The SMILES string of the molecule is CN1CCN(C)C2(CCN(C(=O)Cc3nc(-c4ccccc4)n[nH]3)CC2)C1. The van der Waals surface area contributed by atoms with E-state index in [0.717, 1.165) is 51.1 Å². The molecular formula is C20H28N6O. The van der Waals surface area contributed by atoms with Crippen LogP contribution in [0, 0.1) is 0 Å². The first-order valence-electron chi connectivity index (χ1n) is 9.70. The lowest BCUT2D eigenvalue weighted by atomic mass is 9.84. The van der Waals surface area contributed by atoms with Gasteiger partial charge < -0.3 is 9.80 Å². The lowest BCUT2D eigenvalue weighted by Gasteiger charge is -2.52. The number of H-pyrrole nitrogens is 1. The highest BCUT2D eigenvalue weighted by atomic mass is 16.2. The van der Waals surface area contributed by atoms with Gasteiger partial charge in [0.1, 0.15) is 5.82 Å². The number of hydrogen-bond donors (Lipinski definition) is 1. The maximum Gasteiger partial charge on any atom is 0.230 e. The van der Waals surface area contributed by atoms with Gasteiger partial charge in [-0.2, -0.15) is 5.10 Å². The molecular weight excluding hydrogens is 340 g/mol. The van der Waals surface area contributed by atoms with Crippen molar-refractivity contribution in [2.45, 2.75) is 24.8 Å². The Bertz CT molecular complexity index is 781. The average Bonchev–Trinajstić information content (AvgIpc) is 3.15. The van der Waals surface area contributed by atoms with Crippen LogP contribution >= 0.6 is 0 Å². The normalized spacial score (nSPS) is 20.9. The number of aromatic amines is 1. The van der Waals surface area contributed by atoms with Crippen LogP contribution in [0.2, 0.25) is 0 Å². The summed E-state index contributed by atoms with van der Waals surface area (Å²) in [5.41, 5.74) is 1.17. The van der Waals surface area contributed by atoms with E-state index in [1.165, 1.54) is 0 Å². The minimum absolute atomic E-state index is 0.132. The zero-order valence-corrected chi connectivity index (χ0v) is 16.2. The molecule has 2 aromatic rings. The molecule has 0 aliphatic carbocycles. The molecule has 1 spiro atoms. The second-order valence-electron chi connectivity index (χ2n) is 7.91. The molecule has 7 heteroatoms. The number of aromatic nitrogens is 3. The van der Waals surface area contributed by atoms with Crippen molar-refractivity contribution in [1.29, 1.82) is 0 Å². The maximum atomic E-state index is 12.7. The number of likely N-dealkylation sites (tertiary alicyclic amines) is 1. The molecule has 0 atom stereocenters. The molecule has 2 saturated heterocycles. The van der Waals surface area contributed by atoms with Crippen molar-refractivity contribution in [3.63, 3.8) is 0 Å². The van der Waals surface area contributed by atoms with E-state index >= 15 is 0 Å². The number of nitrogens with one attached hydrogen (secondary N) is 1. The van der Waals surface area contributed by atoms with Crippen LogP contribution < -0.4 is 0 Å². The molecule has 2 aliphatic heterocycles. The number of rotatable bonds is 3. The second kappa shape index (κ2) is 7.40. The standard InChI is InChI=1S/C20H28N6O/c1-24-12-13-25(2)20(15-24)8-10-26(11-9-20)18(27)14-17-21-19(23-22-17)16-6-4-3-5-7-16/h3-7H,8-15H2,1-2H3,(H,21,22,23). The summed E-state index contributed by atoms with van der Waals surface area (Å²) in [6.45, 7) is 4.95. The highest BCUT2D eigenvalue weighted by Gasteiger charge is 2.42. The van der Waals surface area contributed by atoms with Crippen molar-refractivity contribution >= 4 is 5.91 Å². The fourth-order valence-corrected chi connectivity index (χ4v) is 4.32. The van der Waals surface area contributed by atoms with Crippen LogP contribution in [0.25, 0.3) is 11.4 Å². The van der Waals surface area contributed by atoms with Gasteiger partial charge in [-0.1, -0.05) is 30.3 Å². The molecule has 1 N–H and O–H groups in total. The summed E-state index contributed by atoms with van der Waals surface area (Å²) >= 11 is 0. The van der Waals surface area contributed by atoms with Gasteiger partial charge in [0.2, 0.25) is 5.91 Å². The first-order chi connectivity index (χ1) is 13.1. The zero-order chi connectivity index (χ0) is 18.9. The van der Waals surface area contributed by atoms with Crippen LogP contribution in [0.5, 0.6) is 0 Å². The predicted octanol–water partition coefficient (Wildman–Crippen LogP) is 1.25. The number of carbonyl (C=O) groups is 1. The third kappa shape index (κ3) is 3.75. The van der Waals surface area contributed by atoms with E-state index in [2.05, 4.69) is 39.1 Å². The third-order valence-electron chi connectivity index (χ3n) is 6.12. The van der Waals surface area contributed by atoms with Crippen LogP contribution in [0.1, 0.15) is 18.7 Å². The summed E-state index contributed by atoms with van der Waals surface area (Å²) in [4.78, 5) is 24.1. The summed E-state index contributed by atoms with van der Waals surface area (Å²) in [7, 11) is 4.42. The molecule has 0 saturated carbocycles. The summed E-state index contributed by atoms with van der Waals surface area (Å²) < 4.78 is 0. The molecule has 1 aromatic carbocycles. The van der Waals surface area contributed by atoms with Crippen molar-refractivity contribution in [3.8, 4) is 11.4 Å². The Hall–Kier alpha value is -2.25. The fourth-order valence-electron chi connectivity index (χ4n) is 4.32. The van der Waals surface area contributed by atoms with Crippen molar-refractivity contribution < 1.29 is 4.79 Å². The van der Waals surface area contributed by atoms with Crippen LogP contribution in [0.3, 0.4) is 0 Å². The molecule has 0 radical (unpaired) electrons. The number of hydrogen-bond acceptors (Lipinski definition) is 5. The van der Waals surface area contributed by atoms with Crippen LogP contribution in [-0.4, -0.2) is 88.1 Å². The van der Waals surface area contributed by atoms with E-state index in [-0.39, 0.29) is 17.9 Å². The minimum Gasteiger partial charge on any atom is -0.342 e.